The second-order valence-electron chi connectivity index (χ2n) is 5.31. The molecule has 0 saturated carbocycles. The Balaban J connectivity index is 1.93. The Morgan fingerprint density at radius 2 is 2.14 bits per heavy atom. The maximum atomic E-state index is 13.8. The Labute approximate surface area is 126 Å². The molecule has 2 aromatic rings. The van der Waals surface area contributed by atoms with Crippen LogP contribution in [0.3, 0.4) is 0 Å². The molecule has 22 heavy (non-hydrogen) atoms. The van der Waals surface area contributed by atoms with Crippen LogP contribution in [0.2, 0.25) is 0 Å². The Morgan fingerprint density at radius 3 is 2.91 bits per heavy atom. The third-order valence-electron chi connectivity index (χ3n) is 3.81. The number of hydrogen-bond acceptors (Lipinski definition) is 3. The van der Waals surface area contributed by atoms with Crippen molar-refractivity contribution < 1.29 is 13.6 Å². The highest BCUT2D eigenvalue weighted by Crippen LogP contribution is 2.32. The highest BCUT2D eigenvalue weighted by molar-refractivity contribution is 5.95. The number of aromatic nitrogens is 2. The van der Waals surface area contributed by atoms with Gasteiger partial charge in [0.1, 0.15) is 17.5 Å². The fraction of sp³-hybridized carbons (Fsp3) is 0.312. The number of likely N-dealkylation sites (tertiary alicyclic amines) is 1. The molecule has 0 radical (unpaired) electrons. The topological polar surface area (TPSA) is 46.1 Å². The van der Waals surface area contributed by atoms with Gasteiger partial charge in [-0.3, -0.25) is 4.79 Å². The number of rotatable bonds is 2. The van der Waals surface area contributed by atoms with Gasteiger partial charge in [-0.05, 0) is 44.0 Å². The van der Waals surface area contributed by atoms with Crippen molar-refractivity contribution in [1.29, 1.82) is 0 Å². The quantitative estimate of drug-likeness (QED) is 0.856. The Morgan fingerprint density at radius 1 is 1.32 bits per heavy atom. The minimum Gasteiger partial charge on any atom is -0.330 e. The molecule has 0 N–H and O–H groups in total. The molecule has 1 amide bonds. The van der Waals surface area contributed by atoms with Gasteiger partial charge in [0.25, 0.3) is 5.91 Å². The highest BCUT2D eigenvalue weighted by atomic mass is 19.1. The molecule has 0 spiro atoms. The lowest BCUT2D eigenvalue weighted by molar-refractivity contribution is 0.0727. The predicted molar refractivity (Wildman–Crippen MR) is 76.1 cm³/mol. The minimum atomic E-state index is -0.712. The number of carbonyl (C=O) groups excluding carboxylic acids is 1. The van der Waals surface area contributed by atoms with Gasteiger partial charge in [0, 0.05) is 12.7 Å². The molecule has 1 atom stereocenters. The van der Waals surface area contributed by atoms with Crippen molar-refractivity contribution in [3.8, 4) is 0 Å². The molecule has 1 aromatic heterocycles. The van der Waals surface area contributed by atoms with E-state index >= 15 is 0 Å². The van der Waals surface area contributed by atoms with E-state index in [1.807, 2.05) is 0 Å². The van der Waals surface area contributed by atoms with E-state index in [0.29, 0.717) is 12.4 Å². The van der Waals surface area contributed by atoms with Crippen LogP contribution in [-0.4, -0.2) is 27.3 Å². The van der Waals surface area contributed by atoms with Gasteiger partial charge in [-0.25, -0.2) is 18.7 Å². The van der Waals surface area contributed by atoms with Crippen LogP contribution in [0.25, 0.3) is 0 Å². The highest BCUT2D eigenvalue weighted by Gasteiger charge is 2.32. The fourth-order valence-corrected chi connectivity index (χ4v) is 2.79. The number of hydrogen-bond donors (Lipinski definition) is 0. The molecule has 0 aliphatic carbocycles. The lowest BCUT2D eigenvalue weighted by Gasteiger charge is -2.24. The first kappa shape index (κ1) is 14.6. The van der Waals surface area contributed by atoms with E-state index < -0.39 is 17.5 Å². The van der Waals surface area contributed by atoms with Gasteiger partial charge in [-0.15, -0.1) is 0 Å². The summed E-state index contributed by atoms with van der Waals surface area (Å²) in [6.07, 6.45) is 3.19. The summed E-state index contributed by atoms with van der Waals surface area (Å²) in [5, 5.41) is 0. The lowest BCUT2D eigenvalue weighted by atomic mass is 10.1. The van der Waals surface area contributed by atoms with Crippen molar-refractivity contribution in [1.82, 2.24) is 14.9 Å². The summed E-state index contributed by atoms with van der Waals surface area (Å²) in [4.78, 5) is 22.5. The molecule has 1 aliphatic rings. The van der Waals surface area contributed by atoms with Crippen LogP contribution in [0, 0.1) is 18.6 Å². The van der Waals surface area contributed by atoms with Crippen molar-refractivity contribution in [2.75, 3.05) is 6.54 Å². The van der Waals surface area contributed by atoms with Gasteiger partial charge in [0.2, 0.25) is 0 Å². The molecule has 1 aromatic carbocycles. The molecule has 1 fully saturated rings. The second kappa shape index (κ2) is 5.79. The molecular weight excluding hydrogens is 288 g/mol. The third kappa shape index (κ3) is 2.68. The van der Waals surface area contributed by atoms with Crippen molar-refractivity contribution in [2.45, 2.75) is 25.8 Å². The van der Waals surface area contributed by atoms with Crippen LogP contribution in [0.15, 0.2) is 30.5 Å². The summed E-state index contributed by atoms with van der Waals surface area (Å²) in [6, 6.07) is 4.45. The molecule has 114 valence electrons. The van der Waals surface area contributed by atoms with Crippen LogP contribution in [0.4, 0.5) is 8.78 Å². The number of carbonyl (C=O) groups is 1. The standard InChI is InChI=1S/C16H15F2N3O/c1-10-19-7-6-14(20-10)15-3-2-8-21(15)16(22)12-9-11(17)4-5-13(12)18/h4-7,9,15H,2-3,8H2,1H3/t15-/m0/s1. The van der Waals surface area contributed by atoms with Gasteiger partial charge >= 0.3 is 0 Å². The Bertz CT molecular complexity index is 720. The molecular formula is C16H15F2N3O. The first-order valence-electron chi connectivity index (χ1n) is 7.12. The normalized spacial score (nSPS) is 17.8. The Kier molecular flexibility index (Phi) is 3.83. The molecule has 1 saturated heterocycles. The van der Waals surface area contributed by atoms with Crippen LogP contribution in [0.1, 0.15) is 40.8 Å². The van der Waals surface area contributed by atoms with Crippen LogP contribution >= 0.6 is 0 Å². The van der Waals surface area contributed by atoms with Crippen LogP contribution in [0.5, 0.6) is 0 Å². The summed E-state index contributed by atoms with van der Waals surface area (Å²) in [6.45, 7) is 2.28. The monoisotopic (exact) mass is 303 g/mol. The Hall–Kier alpha value is -2.37. The average molecular weight is 303 g/mol. The number of nitrogens with zero attached hydrogens (tertiary/aromatic N) is 3. The smallest absolute Gasteiger partial charge is 0.257 e. The van der Waals surface area contributed by atoms with E-state index in [1.165, 1.54) is 0 Å². The van der Waals surface area contributed by atoms with Crippen molar-refractivity contribution in [2.24, 2.45) is 0 Å². The zero-order chi connectivity index (χ0) is 15.7. The zero-order valence-electron chi connectivity index (χ0n) is 12.1. The van der Waals surface area contributed by atoms with Crippen LogP contribution in [-0.2, 0) is 0 Å². The molecule has 0 unspecified atom stereocenters. The van der Waals surface area contributed by atoms with Gasteiger partial charge in [-0.2, -0.15) is 0 Å². The van der Waals surface area contributed by atoms with E-state index in [4.69, 9.17) is 0 Å². The van der Waals surface area contributed by atoms with Gasteiger partial charge < -0.3 is 4.90 Å². The van der Waals surface area contributed by atoms with Crippen LogP contribution < -0.4 is 0 Å². The van der Waals surface area contributed by atoms with Crippen molar-refractivity contribution >= 4 is 5.91 Å². The van der Waals surface area contributed by atoms with Crippen molar-refractivity contribution in [3.63, 3.8) is 0 Å². The molecule has 3 rings (SSSR count). The maximum absolute atomic E-state index is 13.8. The van der Waals surface area contributed by atoms with E-state index in [1.54, 1.807) is 24.1 Å². The molecule has 2 heterocycles. The minimum absolute atomic E-state index is 0.225. The molecule has 4 nitrogen and oxygen atoms in total. The number of aryl methyl sites for hydroxylation is 1. The first-order valence-corrected chi connectivity index (χ1v) is 7.12. The number of halogens is 2. The summed E-state index contributed by atoms with van der Waals surface area (Å²) in [7, 11) is 0. The number of benzene rings is 1. The van der Waals surface area contributed by atoms with Gasteiger partial charge in [0.05, 0.1) is 17.3 Å². The third-order valence-corrected chi connectivity index (χ3v) is 3.81. The summed E-state index contributed by atoms with van der Waals surface area (Å²) < 4.78 is 27.1. The summed E-state index contributed by atoms with van der Waals surface area (Å²) in [5.74, 6) is -1.22. The van der Waals surface area contributed by atoms with Gasteiger partial charge in [0.15, 0.2) is 0 Å². The predicted octanol–water partition coefficient (Wildman–Crippen LogP) is 3.04. The van der Waals surface area contributed by atoms with Crippen molar-refractivity contribution in [3.05, 3.63) is 59.2 Å². The van der Waals surface area contributed by atoms with Gasteiger partial charge in [-0.1, -0.05) is 0 Å². The van der Waals surface area contributed by atoms with E-state index in [9.17, 15) is 13.6 Å². The second-order valence-corrected chi connectivity index (χ2v) is 5.31. The average Bonchev–Trinajstić information content (AvgIpc) is 2.98. The lowest BCUT2D eigenvalue weighted by Crippen LogP contribution is -2.31. The first-order chi connectivity index (χ1) is 10.6. The fourth-order valence-electron chi connectivity index (χ4n) is 2.79. The SMILES string of the molecule is Cc1nccc([C@@H]2CCCN2C(=O)c2cc(F)ccc2F)n1. The molecule has 0 bridgehead atoms. The summed E-state index contributed by atoms with van der Waals surface area (Å²) in [5.41, 5.74) is 0.493. The maximum Gasteiger partial charge on any atom is 0.257 e. The molecule has 6 heteroatoms. The molecule has 1 aliphatic heterocycles. The largest absolute Gasteiger partial charge is 0.330 e. The van der Waals surface area contributed by atoms with E-state index in [2.05, 4.69) is 9.97 Å². The summed E-state index contributed by atoms with van der Waals surface area (Å²) >= 11 is 0. The van der Waals surface area contributed by atoms with E-state index in [-0.39, 0.29) is 11.6 Å². The number of amides is 1. The van der Waals surface area contributed by atoms with E-state index in [0.717, 1.165) is 36.7 Å². The zero-order valence-corrected chi connectivity index (χ0v) is 12.1.